The molecule has 1 aromatic carbocycles. The number of non-ortho nitro benzene ring substituents is 1. The number of nitrogens with zero attached hydrogens (tertiary/aromatic N) is 1. The molecule has 1 heterocycles. The fraction of sp³-hybridized carbons (Fsp3) is 0.538. The summed E-state index contributed by atoms with van der Waals surface area (Å²) in [4.78, 5) is 10.2. The van der Waals surface area contributed by atoms with Crippen molar-refractivity contribution in [3.05, 3.63) is 33.3 Å². The fourth-order valence-electron chi connectivity index (χ4n) is 1.97. The molecule has 0 radical (unpaired) electrons. The molecule has 110 valence electrons. The van der Waals surface area contributed by atoms with Gasteiger partial charge in [0.05, 0.1) is 35.0 Å². The summed E-state index contributed by atoms with van der Waals surface area (Å²) in [5, 5.41) is 14.1. The van der Waals surface area contributed by atoms with Crippen molar-refractivity contribution >= 4 is 23.0 Å². The standard InChI is InChI=1S/C13H17ClN2O4/c1-9(7-20-11-4-5-19-8-11)15-13-3-2-10(16(17)18)6-12(13)14/h2-3,6,9,11,15H,4-5,7-8H2,1H3. The Hall–Kier alpha value is -1.37. The lowest BCUT2D eigenvalue weighted by molar-refractivity contribution is -0.384. The van der Waals surface area contributed by atoms with Gasteiger partial charge in [-0.2, -0.15) is 0 Å². The molecule has 2 atom stereocenters. The van der Waals surface area contributed by atoms with Gasteiger partial charge < -0.3 is 14.8 Å². The second-order valence-corrected chi connectivity index (χ2v) is 5.19. The van der Waals surface area contributed by atoms with Crippen LogP contribution in [0.2, 0.25) is 5.02 Å². The van der Waals surface area contributed by atoms with Crippen molar-refractivity contribution < 1.29 is 14.4 Å². The summed E-state index contributed by atoms with van der Waals surface area (Å²) in [6, 6.07) is 4.42. The van der Waals surface area contributed by atoms with Gasteiger partial charge in [0.2, 0.25) is 0 Å². The van der Waals surface area contributed by atoms with Gasteiger partial charge in [0, 0.05) is 24.8 Å². The van der Waals surface area contributed by atoms with Crippen molar-refractivity contribution in [3.63, 3.8) is 0 Å². The fourth-order valence-corrected chi connectivity index (χ4v) is 2.20. The first-order valence-corrected chi connectivity index (χ1v) is 6.84. The van der Waals surface area contributed by atoms with Crippen LogP contribution >= 0.6 is 11.6 Å². The van der Waals surface area contributed by atoms with Crippen LogP contribution in [0.25, 0.3) is 0 Å². The summed E-state index contributed by atoms with van der Waals surface area (Å²) in [6.07, 6.45) is 1.08. The van der Waals surface area contributed by atoms with Gasteiger partial charge >= 0.3 is 0 Å². The van der Waals surface area contributed by atoms with Crippen LogP contribution in [-0.4, -0.2) is 36.9 Å². The van der Waals surface area contributed by atoms with Crippen molar-refractivity contribution in [2.75, 3.05) is 25.1 Å². The number of rotatable bonds is 6. The molecule has 7 heteroatoms. The number of halogens is 1. The number of benzene rings is 1. The van der Waals surface area contributed by atoms with Gasteiger partial charge in [0.15, 0.2) is 0 Å². The zero-order valence-corrected chi connectivity index (χ0v) is 11.9. The van der Waals surface area contributed by atoms with Crippen LogP contribution in [-0.2, 0) is 9.47 Å². The minimum atomic E-state index is -0.470. The van der Waals surface area contributed by atoms with Crippen molar-refractivity contribution in [2.24, 2.45) is 0 Å². The van der Waals surface area contributed by atoms with Gasteiger partial charge in [-0.25, -0.2) is 0 Å². The molecule has 2 rings (SSSR count). The highest BCUT2D eigenvalue weighted by Crippen LogP contribution is 2.27. The Labute approximate surface area is 122 Å². The Bertz CT molecular complexity index is 477. The Balaban J connectivity index is 1.86. The molecule has 1 aliphatic heterocycles. The summed E-state index contributed by atoms with van der Waals surface area (Å²) in [5.41, 5.74) is 0.642. The van der Waals surface area contributed by atoms with E-state index in [9.17, 15) is 10.1 Å². The Morgan fingerprint density at radius 1 is 1.65 bits per heavy atom. The van der Waals surface area contributed by atoms with E-state index in [1.54, 1.807) is 6.07 Å². The molecule has 2 unspecified atom stereocenters. The molecule has 1 saturated heterocycles. The number of nitro benzene ring substituents is 1. The molecule has 0 amide bonds. The van der Waals surface area contributed by atoms with Crippen LogP contribution in [0.3, 0.4) is 0 Å². The molecular formula is C13H17ClN2O4. The SMILES string of the molecule is CC(COC1CCOC1)Nc1ccc([N+](=O)[O-])cc1Cl. The lowest BCUT2D eigenvalue weighted by atomic mass is 10.2. The molecule has 0 aliphatic carbocycles. The molecule has 0 spiro atoms. The number of anilines is 1. The minimum absolute atomic E-state index is 0.0208. The van der Waals surface area contributed by atoms with Crippen molar-refractivity contribution in [2.45, 2.75) is 25.5 Å². The quantitative estimate of drug-likeness (QED) is 0.646. The van der Waals surface area contributed by atoms with Crippen LogP contribution in [0, 0.1) is 10.1 Å². The number of hydrogen-bond acceptors (Lipinski definition) is 5. The zero-order valence-electron chi connectivity index (χ0n) is 11.2. The Morgan fingerprint density at radius 3 is 3.05 bits per heavy atom. The molecule has 0 saturated carbocycles. The van der Waals surface area contributed by atoms with E-state index < -0.39 is 4.92 Å². The van der Waals surface area contributed by atoms with Gasteiger partial charge in [-0.1, -0.05) is 11.6 Å². The summed E-state index contributed by atoms with van der Waals surface area (Å²) < 4.78 is 10.9. The number of hydrogen-bond donors (Lipinski definition) is 1. The monoisotopic (exact) mass is 300 g/mol. The molecule has 1 aromatic rings. The molecule has 1 N–H and O–H groups in total. The van der Waals surface area contributed by atoms with E-state index in [4.69, 9.17) is 21.1 Å². The highest BCUT2D eigenvalue weighted by Gasteiger charge is 2.17. The van der Waals surface area contributed by atoms with Gasteiger partial charge in [0.25, 0.3) is 5.69 Å². The minimum Gasteiger partial charge on any atom is -0.379 e. The smallest absolute Gasteiger partial charge is 0.271 e. The average Bonchev–Trinajstić information content (AvgIpc) is 2.91. The third-order valence-corrected chi connectivity index (χ3v) is 3.35. The molecule has 20 heavy (non-hydrogen) atoms. The van der Waals surface area contributed by atoms with E-state index in [-0.39, 0.29) is 17.8 Å². The van der Waals surface area contributed by atoms with Gasteiger partial charge in [-0.3, -0.25) is 10.1 Å². The van der Waals surface area contributed by atoms with Crippen LogP contribution in [0.1, 0.15) is 13.3 Å². The molecule has 0 bridgehead atoms. The average molecular weight is 301 g/mol. The van der Waals surface area contributed by atoms with Crippen molar-refractivity contribution in [3.8, 4) is 0 Å². The number of nitro groups is 1. The third kappa shape index (κ3) is 4.06. The van der Waals surface area contributed by atoms with Crippen LogP contribution < -0.4 is 5.32 Å². The lowest BCUT2D eigenvalue weighted by Crippen LogP contribution is -2.26. The van der Waals surface area contributed by atoms with E-state index in [0.717, 1.165) is 13.0 Å². The molecule has 1 fully saturated rings. The number of nitrogens with one attached hydrogen (secondary N) is 1. The summed E-state index contributed by atoms with van der Waals surface area (Å²) in [6.45, 7) is 3.89. The highest BCUT2D eigenvalue weighted by molar-refractivity contribution is 6.33. The van der Waals surface area contributed by atoms with E-state index in [1.165, 1.54) is 12.1 Å². The Kier molecular flexibility index (Phi) is 5.17. The Morgan fingerprint density at radius 2 is 2.45 bits per heavy atom. The maximum absolute atomic E-state index is 10.6. The highest BCUT2D eigenvalue weighted by atomic mass is 35.5. The molecule has 6 nitrogen and oxygen atoms in total. The van der Waals surface area contributed by atoms with Crippen LogP contribution in [0.5, 0.6) is 0 Å². The third-order valence-electron chi connectivity index (χ3n) is 3.04. The predicted octanol–water partition coefficient (Wildman–Crippen LogP) is 2.85. The molecular weight excluding hydrogens is 284 g/mol. The number of ether oxygens (including phenoxy) is 2. The van der Waals surface area contributed by atoms with Crippen LogP contribution in [0.15, 0.2) is 18.2 Å². The zero-order chi connectivity index (χ0) is 14.5. The van der Waals surface area contributed by atoms with Gasteiger partial charge in [0.1, 0.15) is 0 Å². The first-order chi connectivity index (χ1) is 9.56. The van der Waals surface area contributed by atoms with Crippen molar-refractivity contribution in [1.29, 1.82) is 0 Å². The second-order valence-electron chi connectivity index (χ2n) is 4.79. The van der Waals surface area contributed by atoms with Crippen LogP contribution in [0.4, 0.5) is 11.4 Å². The summed E-state index contributed by atoms with van der Waals surface area (Å²) in [7, 11) is 0. The first kappa shape index (κ1) is 15.0. The first-order valence-electron chi connectivity index (χ1n) is 6.46. The second kappa shape index (κ2) is 6.88. The summed E-state index contributed by atoms with van der Waals surface area (Å²) >= 11 is 6.02. The molecule has 1 aliphatic rings. The maximum Gasteiger partial charge on any atom is 0.271 e. The van der Waals surface area contributed by atoms with Gasteiger partial charge in [-0.15, -0.1) is 0 Å². The topological polar surface area (TPSA) is 73.6 Å². The van der Waals surface area contributed by atoms with E-state index in [0.29, 0.717) is 23.9 Å². The normalized spacial score (nSPS) is 19.8. The van der Waals surface area contributed by atoms with E-state index in [2.05, 4.69) is 5.32 Å². The maximum atomic E-state index is 10.6. The van der Waals surface area contributed by atoms with Gasteiger partial charge in [-0.05, 0) is 19.4 Å². The predicted molar refractivity (Wildman–Crippen MR) is 76.4 cm³/mol. The molecule has 0 aromatic heterocycles. The van der Waals surface area contributed by atoms with Crippen molar-refractivity contribution in [1.82, 2.24) is 0 Å². The largest absolute Gasteiger partial charge is 0.379 e. The lowest BCUT2D eigenvalue weighted by Gasteiger charge is -2.18. The summed E-state index contributed by atoms with van der Waals surface area (Å²) in [5.74, 6) is 0. The van der Waals surface area contributed by atoms with E-state index in [1.807, 2.05) is 6.92 Å². The van der Waals surface area contributed by atoms with E-state index >= 15 is 0 Å².